The Morgan fingerprint density at radius 1 is 0.500 bits per heavy atom. The molecule has 0 radical (unpaired) electrons. The maximum Gasteiger partial charge on any atom is 0.264 e. The first-order valence-electron chi connectivity index (χ1n) is 22.5. The number of rotatable bonds is 2. The molecule has 5 aromatic carbocycles. The smallest absolute Gasteiger partial charge is 0.264 e. The Labute approximate surface area is 366 Å². The van der Waals surface area contributed by atoms with Crippen molar-refractivity contribution in [2.45, 2.75) is 156 Å². The number of hydrogen-bond acceptors (Lipinski definition) is 3. The number of hydrogen-bond donors (Lipinski definition) is 0. The molecule has 1 aliphatic carbocycles. The molecule has 4 heteroatoms. The van der Waals surface area contributed by atoms with Crippen LogP contribution in [-0.4, -0.2) is 6.71 Å². The van der Waals surface area contributed by atoms with Crippen molar-refractivity contribution in [1.29, 1.82) is 0 Å². The Morgan fingerprint density at radius 3 is 1.65 bits per heavy atom. The topological polar surface area (TPSA) is 6.48 Å². The third kappa shape index (κ3) is 6.49. The van der Waals surface area contributed by atoms with E-state index in [4.69, 9.17) is 0 Å². The van der Waals surface area contributed by atoms with Crippen LogP contribution in [0.3, 0.4) is 0 Å². The summed E-state index contributed by atoms with van der Waals surface area (Å²) in [4.78, 5) is 5.30. The number of thiophene rings is 1. The summed E-state index contributed by atoms with van der Waals surface area (Å²) in [5.41, 5.74) is 19.3. The van der Waals surface area contributed by atoms with Gasteiger partial charge in [0.15, 0.2) is 0 Å². The van der Waals surface area contributed by atoms with Gasteiger partial charge in [0.2, 0.25) is 0 Å². The zero-order valence-corrected chi connectivity index (χ0v) is 40.3. The molecule has 0 amide bonds. The molecule has 310 valence electrons. The lowest BCUT2D eigenvalue weighted by Gasteiger charge is -2.45. The molecular weight excluding hydrogens is 744 g/mol. The van der Waals surface area contributed by atoms with E-state index in [-0.39, 0.29) is 39.2 Å². The van der Waals surface area contributed by atoms with Gasteiger partial charge in [0.05, 0.1) is 5.69 Å². The molecule has 0 fully saturated rings. The van der Waals surface area contributed by atoms with Crippen LogP contribution in [0, 0.1) is 0 Å². The lowest BCUT2D eigenvalue weighted by molar-refractivity contribution is 0.332. The lowest BCUT2D eigenvalue weighted by Crippen LogP contribution is -2.60. The molecule has 0 bridgehead atoms. The Balaban J connectivity index is 1.39. The van der Waals surface area contributed by atoms with E-state index in [1.807, 2.05) is 11.3 Å². The molecule has 3 heterocycles. The first-order chi connectivity index (χ1) is 27.8. The standard InChI is InChI=1S/C56H67BN2S/c1-51(2,3)34-21-25-43-46(31-34)58(39-29-36(53(7,8)9)28-37(30-39)54(10,11)12)44-18-17-19-45-48(44)57(43)50-49(40-23-20-35(52(4,5)6)32-47(40)60-50)59(45)38-22-24-41-42(33-38)56(15,16)27-26-55(41,13)14/h17-25,28-33H,26-27H2,1-16H3. The van der Waals surface area contributed by atoms with E-state index in [1.165, 1.54) is 106 Å². The van der Waals surface area contributed by atoms with Gasteiger partial charge in [0.1, 0.15) is 0 Å². The van der Waals surface area contributed by atoms with E-state index < -0.39 is 0 Å². The molecule has 0 saturated heterocycles. The Kier molecular flexibility index (Phi) is 8.99. The van der Waals surface area contributed by atoms with Crippen LogP contribution in [0.15, 0.2) is 91.0 Å². The summed E-state index contributed by atoms with van der Waals surface area (Å²) >= 11 is 2.02. The van der Waals surface area contributed by atoms with E-state index >= 15 is 0 Å². The molecule has 9 rings (SSSR count). The fourth-order valence-corrected chi connectivity index (χ4v) is 11.6. The Hall–Kier alpha value is -4.28. The van der Waals surface area contributed by atoms with Crippen LogP contribution >= 0.6 is 11.3 Å². The highest BCUT2D eigenvalue weighted by molar-refractivity contribution is 7.33. The average Bonchev–Trinajstić information content (AvgIpc) is 3.53. The SMILES string of the molecule is CC(C)(C)c1cc(N2c3cc(C(C)(C)C)ccc3B3c4sc5cc(C(C)(C)C)ccc5c4N(c4ccc5c(c4)C(C)(C)CCC5(C)C)c4cccc2c43)cc(C(C)(C)C)c1. The second kappa shape index (κ2) is 13.1. The van der Waals surface area contributed by atoms with Crippen molar-refractivity contribution in [3.05, 3.63) is 124 Å². The molecule has 3 aliphatic rings. The van der Waals surface area contributed by atoms with E-state index in [1.54, 1.807) is 0 Å². The summed E-state index contributed by atoms with van der Waals surface area (Å²) in [5, 5.41) is 1.35. The highest BCUT2D eigenvalue weighted by Gasteiger charge is 2.46. The Bertz CT molecular complexity index is 2680. The zero-order valence-electron chi connectivity index (χ0n) is 39.5. The van der Waals surface area contributed by atoms with Gasteiger partial charge >= 0.3 is 0 Å². The fraction of sp³-hybridized carbons (Fsp3) is 0.429. The molecule has 2 aliphatic heterocycles. The molecule has 6 aromatic rings. The van der Waals surface area contributed by atoms with Crippen LogP contribution in [0.5, 0.6) is 0 Å². The van der Waals surface area contributed by atoms with Gasteiger partial charge in [-0.25, -0.2) is 0 Å². The summed E-state index contributed by atoms with van der Waals surface area (Å²) in [5.74, 6) is 0. The van der Waals surface area contributed by atoms with Gasteiger partial charge in [0, 0.05) is 43.3 Å². The molecule has 1 aromatic heterocycles. The highest BCUT2D eigenvalue weighted by Crippen LogP contribution is 2.52. The predicted molar refractivity (Wildman–Crippen MR) is 266 cm³/mol. The second-order valence-corrected chi connectivity index (χ2v) is 25.0. The third-order valence-corrected chi connectivity index (χ3v) is 15.5. The van der Waals surface area contributed by atoms with Gasteiger partial charge < -0.3 is 9.80 Å². The number of nitrogens with zero attached hydrogens (tertiary/aromatic N) is 2. The fourth-order valence-electron chi connectivity index (χ4n) is 10.2. The van der Waals surface area contributed by atoms with Crippen molar-refractivity contribution in [3.63, 3.8) is 0 Å². The van der Waals surface area contributed by atoms with E-state index in [0.717, 1.165) is 0 Å². The highest BCUT2D eigenvalue weighted by atomic mass is 32.1. The van der Waals surface area contributed by atoms with Crippen LogP contribution < -0.4 is 25.5 Å². The van der Waals surface area contributed by atoms with Crippen LogP contribution in [0.2, 0.25) is 0 Å². The summed E-state index contributed by atoms with van der Waals surface area (Å²) < 4.78 is 2.81. The summed E-state index contributed by atoms with van der Waals surface area (Å²) in [6.07, 6.45) is 2.40. The molecule has 0 atom stereocenters. The maximum absolute atomic E-state index is 2.66. The van der Waals surface area contributed by atoms with Crippen LogP contribution in [0.4, 0.5) is 34.1 Å². The minimum absolute atomic E-state index is 0.00304. The Morgan fingerprint density at radius 2 is 1.05 bits per heavy atom. The molecule has 0 spiro atoms. The molecule has 60 heavy (non-hydrogen) atoms. The van der Waals surface area contributed by atoms with Crippen molar-refractivity contribution in [2.24, 2.45) is 0 Å². The molecule has 0 unspecified atom stereocenters. The van der Waals surface area contributed by atoms with Crippen LogP contribution in [0.25, 0.3) is 10.1 Å². The largest absolute Gasteiger partial charge is 0.311 e. The van der Waals surface area contributed by atoms with Crippen molar-refractivity contribution in [2.75, 3.05) is 9.80 Å². The zero-order chi connectivity index (χ0) is 43.3. The summed E-state index contributed by atoms with van der Waals surface area (Å²) in [6, 6.07) is 36.8. The number of benzene rings is 5. The second-order valence-electron chi connectivity index (χ2n) is 23.9. The predicted octanol–water partition coefficient (Wildman–Crippen LogP) is 14.5. The number of anilines is 6. The molecule has 0 N–H and O–H groups in total. The lowest BCUT2D eigenvalue weighted by atomic mass is 9.36. The quantitative estimate of drug-likeness (QED) is 0.161. The maximum atomic E-state index is 2.66. The van der Waals surface area contributed by atoms with Gasteiger partial charge in [-0.05, 0) is 138 Å². The third-order valence-electron chi connectivity index (χ3n) is 14.3. The average molecular weight is 811 g/mol. The minimum Gasteiger partial charge on any atom is -0.311 e. The van der Waals surface area contributed by atoms with Gasteiger partial charge in [-0.3, -0.25) is 0 Å². The molecular formula is C56H67BN2S. The first-order valence-corrected chi connectivity index (χ1v) is 23.3. The van der Waals surface area contributed by atoms with Gasteiger partial charge in [-0.2, -0.15) is 0 Å². The van der Waals surface area contributed by atoms with E-state index in [2.05, 4.69) is 212 Å². The van der Waals surface area contributed by atoms with E-state index in [9.17, 15) is 0 Å². The first kappa shape index (κ1) is 41.1. The van der Waals surface area contributed by atoms with Gasteiger partial charge in [0.25, 0.3) is 6.71 Å². The summed E-state index contributed by atoms with van der Waals surface area (Å²) in [7, 11) is 0. The summed E-state index contributed by atoms with van der Waals surface area (Å²) in [6.45, 7) is 38.1. The van der Waals surface area contributed by atoms with Gasteiger partial charge in [-0.1, -0.05) is 153 Å². The van der Waals surface area contributed by atoms with Crippen LogP contribution in [-0.2, 0) is 32.5 Å². The minimum atomic E-state index is -0.00991. The monoisotopic (exact) mass is 811 g/mol. The van der Waals surface area contributed by atoms with Crippen LogP contribution in [0.1, 0.15) is 157 Å². The van der Waals surface area contributed by atoms with Crippen molar-refractivity contribution < 1.29 is 0 Å². The normalized spacial score (nSPS) is 17.0. The van der Waals surface area contributed by atoms with E-state index in [0.29, 0.717) is 0 Å². The molecule has 0 saturated carbocycles. The number of fused-ring (bicyclic) bond motifs is 7. The van der Waals surface area contributed by atoms with Gasteiger partial charge in [-0.15, -0.1) is 11.3 Å². The van der Waals surface area contributed by atoms with Crippen molar-refractivity contribution in [1.82, 2.24) is 0 Å². The molecule has 2 nitrogen and oxygen atoms in total. The van der Waals surface area contributed by atoms with Crippen molar-refractivity contribution >= 4 is 78.0 Å². The van der Waals surface area contributed by atoms with Crippen molar-refractivity contribution in [3.8, 4) is 0 Å².